The average molecular weight is 351 g/mol. The van der Waals surface area contributed by atoms with Gasteiger partial charge in [0, 0.05) is 12.1 Å². The third-order valence-corrected chi connectivity index (χ3v) is 4.15. The van der Waals surface area contributed by atoms with E-state index < -0.39 is 14.9 Å². The first-order valence-corrected chi connectivity index (χ1v) is 7.98. The minimum Gasteiger partial charge on any atom is -0.504 e. The topological polar surface area (TPSA) is 131 Å². The van der Waals surface area contributed by atoms with Crippen molar-refractivity contribution in [2.45, 2.75) is 4.90 Å². The van der Waals surface area contributed by atoms with Crippen LogP contribution in [0.3, 0.4) is 0 Å². The third kappa shape index (κ3) is 3.98. The van der Waals surface area contributed by atoms with Gasteiger partial charge in [0.25, 0.3) is 15.7 Å². The Labute approximate surface area is 137 Å². The van der Waals surface area contributed by atoms with Crippen molar-refractivity contribution in [1.29, 1.82) is 0 Å². The van der Waals surface area contributed by atoms with Crippen LogP contribution >= 0.6 is 0 Å². The van der Waals surface area contributed by atoms with Gasteiger partial charge in [0.2, 0.25) is 0 Å². The van der Waals surface area contributed by atoms with E-state index in [1.807, 2.05) is 4.83 Å². The van der Waals surface area contributed by atoms with Gasteiger partial charge in [-0.25, -0.2) is 4.83 Å². The van der Waals surface area contributed by atoms with Crippen LogP contribution in [0.4, 0.5) is 5.69 Å². The molecular formula is C14H13N3O6S. The van der Waals surface area contributed by atoms with Crippen molar-refractivity contribution in [3.8, 4) is 11.5 Å². The highest BCUT2D eigenvalue weighted by Crippen LogP contribution is 2.25. The number of nitro benzene ring substituents is 1. The first-order valence-electron chi connectivity index (χ1n) is 6.50. The summed E-state index contributed by atoms with van der Waals surface area (Å²) in [6.45, 7) is 0. The van der Waals surface area contributed by atoms with E-state index in [0.717, 1.165) is 6.07 Å². The number of hydrogen-bond acceptors (Lipinski definition) is 7. The van der Waals surface area contributed by atoms with E-state index in [1.165, 1.54) is 49.7 Å². The lowest BCUT2D eigenvalue weighted by atomic mass is 10.2. The molecule has 0 atom stereocenters. The molecule has 2 aromatic rings. The number of rotatable bonds is 6. The van der Waals surface area contributed by atoms with Crippen LogP contribution in [0.1, 0.15) is 5.56 Å². The molecule has 0 unspecified atom stereocenters. The molecule has 126 valence electrons. The highest BCUT2D eigenvalue weighted by molar-refractivity contribution is 7.89. The van der Waals surface area contributed by atoms with Gasteiger partial charge >= 0.3 is 0 Å². The van der Waals surface area contributed by atoms with E-state index in [-0.39, 0.29) is 22.1 Å². The summed E-state index contributed by atoms with van der Waals surface area (Å²) < 4.78 is 29.0. The molecule has 9 nitrogen and oxygen atoms in total. The highest BCUT2D eigenvalue weighted by atomic mass is 32.2. The fraction of sp³-hybridized carbons (Fsp3) is 0.0714. The van der Waals surface area contributed by atoms with E-state index in [4.69, 9.17) is 4.74 Å². The standard InChI is InChI=1S/C14H13N3O6S/c1-23-14-7-10(5-6-13(14)18)9-15-16-24(21,22)12-4-2-3-11(8-12)17(19)20/h2-9,16,18H,1H3/b15-9+. The number of nitro groups is 1. The lowest BCUT2D eigenvalue weighted by Gasteiger charge is -2.04. The molecule has 10 heteroatoms. The van der Waals surface area contributed by atoms with E-state index in [2.05, 4.69) is 5.10 Å². The van der Waals surface area contributed by atoms with Crippen molar-refractivity contribution in [3.05, 3.63) is 58.1 Å². The summed E-state index contributed by atoms with van der Waals surface area (Å²) in [6, 6.07) is 8.93. The Morgan fingerprint density at radius 2 is 2.04 bits per heavy atom. The first kappa shape index (κ1) is 17.2. The summed E-state index contributed by atoms with van der Waals surface area (Å²) >= 11 is 0. The van der Waals surface area contributed by atoms with Crippen molar-refractivity contribution in [1.82, 2.24) is 4.83 Å². The molecule has 24 heavy (non-hydrogen) atoms. The number of ether oxygens (including phenoxy) is 1. The molecule has 0 aliphatic carbocycles. The summed E-state index contributed by atoms with van der Waals surface area (Å²) in [6.07, 6.45) is 1.21. The number of aromatic hydroxyl groups is 1. The van der Waals surface area contributed by atoms with Crippen LogP contribution in [0.25, 0.3) is 0 Å². The average Bonchev–Trinajstić information content (AvgIpc) is 2.56. The first-order chi connectivity index (χ1) is 11.3. The Morgan fingerprint density at radius 1 is 1.29 bits per heavy atom. The number of methoxy groups -OCH3 is 1. The number of phenols is 1. The fourth-order valence-corrected chi connectivity index (χ4v) is 2.59. The summed E-state index contributed by atoms with van der Waals surface area (Å²) in [5.74, 6) is 0.146. The van der Waals surface area contributed by atoms with Crippen LogP contribution in [0.2, 0.25) is 0 Å². The largest absolute Gasteiger partial charge is 0.504 e. The van der Waals surface area contributed by atoms with Gasteiger partial charge in [-0.2, -0.15) is 13.5 Å². The van der Waals surface area contributed by atoms with Crippen LogP contribution in [0.15, 0.2) is 52.5 Å². The van der Waals surface area contributed by atoms with Gasteiger partial charge in [-0.1, -0.05) is 6.07 Å². The molecule has 0 heterocycles. The molecule has 0 aliphatic heterocycles. The fourth-order valence-electron chi connectivity index (χ4n) is 1.76. The summed E-state index contributed by atoms with van der Waals surface area (Å²) in [5.41, 5.74) is 0.136. The quantitative estimate of drug-likeness (QED) is 0.462. The van der Waals surface area contributed by atoms with E-state index in [1.54, 1.807) is 0 Å². The lowest BCUT2D eigenvalue weighted by Crippen LogP contribution is -2.18. The molecule has 0 bridgehead atoms. The van der Waals surface area contributed by atoms with Gasteiger partial charge in [-0.15, -0.1) is 0 Å². The number of benzene rings is 2. The van der Waals surface area contributed by atoms with Gasteiger partial charge < -0.3 is 9.84 Å². The van der Waals surface area contributed by atoms with Crippen molar-refractivity contribution < 1.29 is 23.2 Å². The number of hydrogen-bond donors (Lipinski definition) is 2. The Bertz CT molecular complexity index is 895. The smallest absolute Gasteiger partial charge is 0.276 e. The number of nitrogens with one attached hydrogen (secondary N) is 1. The van der Waals surface area contributed by atoms with Gasteiger partial charge in [0.05, 0.1) is 23.1 Å². The number of sulfonamides is 1. The predicted octanol–water partition coefficient (Wildman–Crippen LogP) is 1.62. The maximum Gasteiger partial charge on any atom is 0.276 e. The number of phenolic OH excluding ortho intramolecular Hbond substituents is 1. The molecule has 0 amide bonds. The van der Waals surface area contributed by atoms with E-state index in [9.17, 15) is 23.6 Å². The minimum atomic E-state index is -4.04. The second kappa shape index (κ2) is 6.96. The zero-order valence-corrected chi connectivity index (χ0v) is 13.2. The predicted molar refractivity (Wildman–Crippen MR) is 85.7 cm³/mol. The Morgan fingerprint density at radius 3 is 2.71 bits per heavy atom. The van der Waals surface area contributed by atoms with Crippen molar-refractivity contribution in [2.75, 3.05) is 7.11 Å². The molecule has 2 rings (SSSR count). The molecule has 0 aromatic heterocycles. The molecule has 0 saturated heterocycles. The van der Waals surface area contributed by atoms with Gasteiger partial charge in [0.15, 0.2) is 11.5 Å². The van der Waals surface area contributed by atoms with Crippen molar-refractivity contribution in [3.63, 3.8) is 0 Å². The van der Waals surface area contributed by atoms with Crippen LogP contribution < -0.4 is 9.57 Å². The summed E-state index contributed by atoms with van der Waals surface area (Å²) in [7, 11) is -2.67. The van der Waals surface area contributed by atoms with Crippen LogP contribution in [0, 0.1) is 10.1 Å². The maximum absolute atomic E-state index is 12.1. The molecule has 0 radical (unpaired) electrons. The summed E-state index contributed by atoms with van der Waals surface area (Å²) in [4.78, 5) is 11.7. The summed E-state index contributed by atoms with van der Waals surface area (Å²) in [5, 5.41) is 23.8. The van der Waals surface area contributed by atoms with Crippen molar-refractivity contribution in [2.24, 2.45) is 5.10 Å². The number of non-ortho nitro benzene ring substituents is 1. The Balaban J connectivity index is 2.18. The number of hydrazone groups is 1. The number of nitrogens with zero attached hydrogens (tertiary/aromatic N) is 2. The second-order valence-corrected chi connectivity index (χ2v) is 6.20. The Kier molecular flexibility index (Phi) is 4.99. The SMILES string of the molecule is COc1cc(/C=N/NS(=O)(=O)c2cccc([N+](=O)[O-])c2)ccc1O. The maximum atomic E-state index is 12.1. The van der Waals surface area contributed by atoms with Crippen LogP contribution in [-0.4, -0.2) is 31.8 Å². The van der Waals surface area contributed by atoms with E-state index >= 15 is 0 Å². The molecular weight excluding hydrogens is 338 g/mol. The zero-order chi connectivity index (χ0) is 17.7. The van der Waals surface area contributed by atoms with Crippen LogP contribution in [-0.2, 0) is 10.0 Å². The monoisotopic (exact) mass is 351 g/mol. The van der Waals surface area contributed by atoms with Crippen molar-refractivity contribution >= 4 is 21.9 Å². The second-order valence-electron chi connectivity index (χ2n) is 4.54. The molecule has 0 spiro atoms. The third-order valence-electron chi connectivity index (χ3n) is 2.93. The van der Waals surface area contributed by atoms with Crippen LogP contribution in [0.5, 0.6) is 11.5 Å². The van der Waals surface area contributed by atoms with Gasteiger partial charge in [-0.3, -0.25) is 10.1 Å². The van der Waals surface area contributed by atoms with Gasteiger partial charge in [-0.05, 0) is 29.8 Å². The lowest BCUT2D eigenvalue weighted by molar-refractivity contribution is -0.385. The minimum absolute atomic E-state index is 0.0631. The highest BCUT2D eigenvalue weighted by Gasteiger charge is 2.16. The molecule has 2 N–H and O–H groups in total. The molecule has 2 aromatic carbocycles. The Hall–Kier alpha value is -3.14. The van der Waals surface area contributed by atoms with Gasteiger partial charge in [0.1, 0.15) is 0 Å². The molecule has 0 fully saturated rings. The normalized spacial score (nSPS) is 11.4. The zero-order valence-electron chi connectivity index (χ0n) is 12.4. The molecule has 0 saturated carbocycles. The van der Waals surface area contributed by atoms with E-state index in [0.29, 0.717) is 5.56 Å². The molecule has 0 aliphatic rings.